The number of hydrogen-bond acceptors (Lipinski definition) is 5. The van der Waals surface area contributed by atoms with Crippen molar-refractivity contribution < 1.29 is 14.3 Å². The molecule has 0 saturated carbocycles. The predicted molar refractivity (Wildman–Crippen MR) is 42.4 cm³/mol. The fourth-order valence-electron chi connectivity index (χ4n) is 0.730. The highest BCUT2D eigenvalue weighted by molar-refractivity contribution is 5.86. The molecule has 0 aliphatic heterocycles. The van der Waals surface area contributed by atoms with Gasteiger partial charge in [-0.05, 0) is 0 Å². The first-order valence-corrected chi connectivity index (χ1v) is 3.61. The van der Waals surface area contributed by atoms with E-state index in [0.717, 1.165) is 0 Å². The van der Waals surface area contributed by atoms with Crippen molar-refractivity contribution in [2.75, 3.05) is 6.54 Å². The van der Waals surface area contributed by atoms with Gasteiger partial charge in [-0.3, -0.25) is 4.79 Å². The Balaban J connectivity index is 2.38. The molecule has 0 aliphatic carbocycles. The average Bonchev–Trinajstić information content (AvgIpc) is 2.56. The SMILES string of the molecule is NCC(=O)OC(=O)Cn1ccnc1. The van der Waals surface area contributed by atoms with E-state index in [9.17, 15) is 9.59 Å². The number of imidazole rings is 1. The summed E-state index contributed by atoms with van der Waals surface area (Å²) >= 11 is 0. The van der Waals surface area contributed by atoms with Crippen LogP contribution < -0.4 is 5.73 Å². The van der Waals surface area contributed by atoms with E-state index >= 15 is 0 Å². The molecule has 0 spiro atoms. The molecule has 6 nitrogen and oxygen atoms in total. The number of ether oxygens (including phenoxy) is 1. The van der Waals surface area contributed by atoms with E-state index in [1.165, 1.54) is 17.1 Å². The van der Waals surface area contributed by atoms with Crippen LogP contribution in [0.2, 0.25) is 0 Å². The number of aromatic nitrogens is 2. The van der Waals surface area contributed by atoms with Gasteiger partial charge in [-0.1, -0.05) is 0 Å². The summed E-state index contributed by atoms with van der Waals surface area (Å²) in [5.41, 5.74) is 4.95. The molecule has 0 aliphatic rings. The highest BCUT2D eigenvalue weighted by Crippen LogP contribution is 1.88. The molecule has 1 aromatic rings. The topological polar surface area (TPSA) is 87.2 Å². The van der Waals surface area contributed by atoms with Gasteiger partial charge in [-0.15, -0.1) is 0 Å². The number of nitrogens with two attached hydrogens (primary N) is 1. The molecule has 0 unspecified atom stereocenters. The summed E-state index contributed by atoms with van der Waals surface area (Å²) < 4.78 is 5.81. The Hall–Kier alpha value is -1.69. The largest absolute Gasteiger partial charge is 0.391 e. The average molecular weight is 183 g/mol. The maximum Gasteiger partial charge on any atom is 0.333 e. The van der Waals surface area contributed by atoms with Gasteiger partial charge in [0.05, 0.1) is 12.9 Å². The maximum absolute atomic E-state index is 10.9. The molecule has 6 heteroatoms. The number of carbonyl (C=O) groups is 2. The Kier molecular flexibility index (Phi) is 3.15. The first-order valence-electron chi connectivity index (χ1n) is 3.61. The summed E-state index contributed by atoms with van der Waals surface area (Å²) in [6, 6.07) is 0. The van der Waals surface area contributed by atoms with Gasteiger partial charge in [-0.25, -0.2) is 9.78 Å². The normalized spacial score (nSPS) is 9.62. The van der Waals surface area contributed by atoms with Crippen LogP contribution in [0.15, 0.2) is 18.7 Å². The van der Waals surface area contributed by atoms with Gasteiger partial charge in [0.25, 0.3) is 0 Å². The lowest BCUT2D eigenvalue weighted by Gasteiger charge is -2.00. The first kappa shape index (κ1) is 9.40. The zero-order valence-corrected chi connectivity index (χ0v) is 6.84. The molecule has 13 heavy (non-hydrogen) atoms. The van der Waals surface area contributed by atoms with Crippen LogP contribution >= 0.6 is 0 Å². The second kappa shape index (κ2) is 4.36. The summed E-state index contributed by atoms with van der Waals surface area (Å²) in [4.78, 5) is 25.2. The molecule has 2 N–H and O–H groups in total. The van der Waals surface area contributed by atoms with Gasteiger partial charge < -0.3 is 15.0 Å². The lowest BCUT2D eigenvalue weighted by Crippen LogP contribution is -2.23. The summed E-state index contributed by atoms with van der Waals surface area (Å²) in [6.07, 6.45) is 4.57. The molecule has 1 rings (SSSR count). The van der Waals surface area contributed by atoms with Crippen molar-refractivity contribution in [3.05, 3.63) is 18.7 Å². The lowest BCUT2D eigenvalue weighted by molar-refractivity contribution is -0.159. The minimum Gasteiger partial charge on any atom is -0.391 e. The van der Waals surface area contributed by atoms with Crippen molar-refractivity contribution in [3.8, 4) is 0 Å². The molecular formula is C7H9N3O3. The Morgan fingerprint density at radius 2 is 2.23 bits per heavy atom. The smallest absolute Gasteiger partial charge is 0.333 e. The minimum atomic E-state index is -0.731. The summed E-state index contributed by atoms with van der Waals surface area (Å²) in [7, 11) is 0. The second-order valence-electron chi connectivity index (χ2n) is 2.29. The molecule has 1 aromatic heterocycles. The van der Waals surface area contributed by atoms with Gasteiger partial charge in [-0.2, -0.15) is 0 Å². The second-order valence-corrected chi connectivity index (χ2v) is 2.29. The third-order valence-corrected chi connectivity index (χ3v) is 1.27. The molecular weight excluding hydrogens is 174 g/mol. The van der Waals surface area contributed by atoms with Crippen molar-refractivity contribution in [1.29, 1.82) is 0 Å². The van der Waals surface area contributed by atoms with Gasteiger partial charge in [0.2, 0.25) is 0 Å². The molecule has 0 atom stereocenters. The van der Waals surface area contributed by atoms with Crippen LogP contribution in [0.5, 0.6) is 0 Å². The van der Waals surface area contributed by atoms with E-state index in [-0.39, 0.29) is 13.1 Å². The van der Waals surface area contributed by atoms with Crippen LogP contribution in [0.4, 0.5) is 0 Å². The fourth-order valence-corrected chi connectivity index (χ4v) is 0.730. The van der Waals surface area contributed by atoms with E-state index in [2.05, 4.69) is 9.72 Å². The standard InChI is InChI=1S/C7H9N3O3/c8-3-6(11)13-7(12)4-10-2-1-9-5-10/h1-2,5H,3-4,8H2. The molecule has 0 saturated heterocycles. The highest BCUT2D eigenvalue weighted by atomic mass is 16.6. The summed E-state index contributed by atoms with van der Waals surface area (Å²) in [6.45, 7) is -0.332. The third-order valence-electron chi connectivity index (χ3n) is 1.27. The van der Waals surface area contributed by atoms with Crippen LogP contribution in [-0.4, -0.2) is 28.0 Å². The van der Waals surface area contributed by atoms with Gasteiger partial charge in [0.15, 0.2) is 0 Å². The van der Waals surface area contributed by atoms with Gasteiger partial charge in [0, 0.05) is 12.4 Å². The van der Waals surface area contributed by atoms with Crippen molar-refractivity contribution in [3.63, 3.8) is 0 Å². The Morgan fingerprint density at radius 1 is 1.46 bits per heavy atom. The van der Waals surface area contributed by atoms with E-state index in [1.807, 2.05) is 0 Å². The third kappa shape index (κ3) is 3.04. The van der Waals surface area contributed by atoms with E-state index < -0.39 is 11.9 Å². The molecule has 0 radical (unpaired) electrons. The molecule has 0 bridgehead atoms. The Labute approximate surface area is 74.3 Å². The van der Waals surface area contributed by atoms with E-state index in [0.29, 0.717) is 0 Å². The number of esters is 2. The van der Waals surface area contributed by atoms with Crippen molar-refractivity contribution in [2.45, 2.75) is 6.54 Å². The summed E-state index contributed by atoms with van der Waals surface area (Å²) in [5.74, 6) is -1.38. The monoisotopic (exact) mass is 183 g/mol. The van der Waals surface area contributed by atoms with Crippen molar-refractivity contribution >= 4 is 11.9 Å². The number of hydrogen-bond donors (Lipinski definition) is 1. The van der Waals surface area contributed by atoms with Crippen LogP contribution in [0.1, 0.15) is 0 Å². The van der Waals surface area contributed by atoms with E-state index in [4.69, 9.17) is 5.73 Å². The number of nitrogens with zero attached hydrogens (tertiary/aromatic N) is 2. The van der Waals surface area contributed by atoms with Gasteiger partial charge >= 0.3 is 11.9 Å². The molecule has 70 valence electrons. The quantitative estimate of drug-likeness (QED) is 0.475. The molecule has 0 amide bonds. The van der Waals surface area contributed by atoms with Crippen LogP contribution in [0, 0.1) is 0 Å². The molecule has 0 fully saturated rings. The maximum atomic E-state index is 10.9. The fraction of sp³-hybridized carbons (Fsp3) is 0.286. The Bertz CT molecular complexity index is 294. The molecule has 0 aromatic carbocycles. The number of carbonyl (C=O) groups excluding carboxylic acids is 2. The van der Waals surface area contributed by atoms with Crippen LogP contribution in [0.25, 0.3) is 0 Å². The highest BCUT2D eigenvalue weighted by Gasteiger charge is 2.08. The Morgan fingerprint density at radius 3 is 2.77 bits per heavy atom. The van der Waals surface area contributed by atoms with Crippen molar-refractivity contribution in [2.24, 2.45) is 5.73 Å². The zero-order chi connectivity index (χ0) is 9.68. The first-order chi connectivity index (χ1) is 6.22. The number of rotatable bonds is 3. The summed E-state index contributed by atoms with van der Waals surface area (Å²) in [5, 5.41) is 0. The van der Waals surface area contributed by atoms with E-state index in [1.54, 1.807) is 6.20 Å². The predicted octanol–water partition coefficient (Wildman–Crippen LogP) is -1.09. The van der Waals surface area contributed by atoms with Crippen LogP contribution in [-0.2, 0) is 20.9 Å². The minimum absolute atomic E-state index is 0.0360. The lowest BCUT2D eigenvalue weighted by atomic mass is 10.6. The zero-order valence-electron chi connectivity index (χ0n) is 6.84. The van der Waals surface area contributed by atoms with Crippen LogP contribution in [0.3, 0.4) is 0 Å². The molecule has 1 heterocycles. The van der Waals surface area contributed by atoms with Crippen molar-refractivity contribution in [1.82, 2.24) is 9.55 Å². The van der Waals surface area contributed by atoms with Gasteiger partial charge in [0.1, 0.15) is 6.54 Å².